The first-order valence-electron chi connectivity index (χ1n) is 10.9. The van der Waals surface area contributed by atoms with E-state index in [-0.39, 0.29) is 33.9 Å². The Bertz CT molecular complexity index is 1180. The van der Waals surface area contributed by atoms with Gasteiger partial charge >= 0.3 is 12.0 Å². The van der Waals surface area contributed by atoms with Crippen LogP contribution in [0.4, 0.5) is 24.4 Å². The van der Waals surface area contributed by atoms with Gasteiger partial charge in [-0.15, -0.1) is 0 Å². The maximum atomic E-state index is 13.9. The third-order valence-corrected chi connectivity index (χ3v) is 9.38. The molecule has 0 bridgehead atoms. The minimum atomic E-state index is -4.10. The number of hydrogen-bond donors (Lipinski definition) is 2. The molecule has 0 radical (unpaired) electrons. The van der Waals surface area contributed by atoms with Gasteiger partial charge in [-0.25, -0.2) is 27.0 Å². The number of nitrogens with one attached hydrogen (secondary N) is 1. The lowest BCUT2D eigenvalue weighted by Crippen LogP contribution is -2.40. The molecule has 2 N–H and O–H groups in total. The van der Waals surface area contributed by atoms with Gasteiger partial charge in [0.2, 0.25) is 0 Å². The van der Waals surface area contributed by atoms with Crippen LogP contribution in [0.15, 0.2) is 28.6 Å². The number of carbonyl (C=O) groups excluding carboxylic acids is 1. The summed E-state index contributed by atoms with van der Waals surface area (Å²) in [7, 11) is -4.10. The number of carboxylic acids is 1. The van der Waals surface area contributed by atoms with Crippen LogP contribution in [0.1, 0.15) is 38.5 Å². The van der Waals surface area contributed by atoms with E-state index in [9.17, 15) is 31.9 Å². The third-order valence-electron chi connectivity index (χ3n) is 6.13. The van der Waals surface area contributed by atoms with Crippen molar-refractivity contribution in [2.75, 3.05) is 23.3 Å². The second-order valence-electron chi connectivity index (χ2n) is 8.39. The first-order chi connectivity index (χ1) is 16.2. The zero-order valence-corrected chi connectivity index (χ0v) is 19.7. The summed E-state index contributed by atoms with van der Waals surface area (Å²) in [5.74, 6) is -3.12. The normalized spacial score (nSPS) is 19.4. The van der Waals surface area contributed by atoms with Crippen LogP contribution in [0.25, 0.3) is 0 Å². The molecule has 0 spiro atoms. The van der Waals surface area contributed by atoms with E-state index in [4.69, 9.17) is 0 Å². The average molecular weight is 515 g/mol. The molecule has 184 valence electrons. The molecule has 1 aromatic heterocycles. The number of nitrogens with zero attached hydrogens (tertiary/aromatic N) is 3. The molecule has 1 aliphatic carbocycles. The lowest BCUT2D eigenvalue weighted by molar-refractivity contribution is -0.140. The molecule has 34 heavy (non-hydrogen) atoms. The SMILES string of the molecule is O=C(O)[C@@H]1CCCN1S(=O)(=O)c1cnc(NC(=O)N(CC2CCCC2)c2ccc(F)c(F)c2)s1. The third kappa shape index (κ3) is 5.05. The van der Waals surface area contributed by atoms with Gasteiger partial charge in [0, 0.05) is 24.8 Å². The Labute approximate surface area is 199 Å². The van der Waals surface area contributed by atoms with Crippen LogP contribution in [0.2, 0.25) is 0 Å². The Morgan fingerprint density at radius 1 is 1.18 bits per heavy atom. The second kappa shape index (κ2) is 9.92. The van der Waals surface area contributed by atoms with Crippen molar-refractivity contribution in [2.24, 2.45) is 5.92 Å². The number of carbonyl (C=O) groups is 2. The van der Waals surface area contributed by atoms with Crippen LogP contribution in [0.3, 0.4) is 0 Å². The van der Waals surface area contributed by atoms with Gasteiger partial charge in [0.05, 0.1) is 6.20 Å². The van der Waals surface area contributed by atoms with Gasteiger partial charge in [-0.3, -0.25) is 15.0 Å². The van der Waals surface area contributed by atoms with Gasteiger partial charge in [-0.1, -0.05) is 24.2 Å². The summed E-state index contributed by atoms with van der Waals surface area (Å²) in [6.45, 7) is 0.381. The Kier molecular flexibility index (Phi) is 7.14. The summed E-state index contributed by atoms with van der Waals surface area (Å²) >= 11 is 0.703. The molecule has 2 aromatic rings. The summed E-state index contributed by atoms with van der Waals surface area (Å²) in [4.78, 5) is 29.8. The van der Waals surface area contributed by atoms with Gasteiger partial charge in [0.1, 0.15) is 6.04 Å². The first kappa shape index (κ1) is 24.5. The van der Waals surface area contributed by atoms with Crippen molar-refractivity contribution < 1.29 is 31.9 Å². The topological polar surface area (TPSA) is 120 Å². The van der Waals surface area contributed by atoms with E-state index >= 15 is 0 Å². The molecule has 13 heteroatoms. The van der Waals surface area contributed by atoms with Crippen LogP contribution < -0.4 is 10.2 Å². The average Bonchev–Trinajstić information content (AvgIpc) is 3.55. The molecule has 1 saturated carbocycles. The molecule has 2 aliphatic rings. The monoisotopic (exact) mass is 514 g/mol. The Hall–Kier alpha value is -2.64. The summed E-state index contributed by atoms with van der Waals surface area (Å²) < 4.78 is 53.9. The van der Waals surface area contributed by atoms with Crippen LogP contribution in [0.5, 0.6) is 0 Å². The molecule has 0 unspecified atom stereocenters. The summed E-state index contributed by atoms with van der Waals surface area (Å²) in [5, 5.41) is 11.8. The number of anilines is 2. The Balaban J connectivity index is 1.54. The number of aromatic nitrogens is 1. The van der Waals surface area contributed by atoms with Crippen molar-refractivity contribution in [3.8, 4) is 0 Å². The van der Waals surface area contributed by atoms with Gasteiger partial charge in [0.25, 0.3) is 10.0 Å². The maximum Gasteiger partial charge on any atom is 0.328 e. The first-order valence-corrected chi connectivity index (χ1v) is 13.2. The van der Waals surface area contributed by atoms with E-state index in [1.807, 2.05) is 0 Å². The molecule has 1 atom stereocenters. The fourth-order valence-corrected chi connectivity index (χ4v) is 7.20. The van der Waals surface area contributed by atoms with Crippen molar-refractivity contribution >= 4 is 44.2 Å². The highest BCUT2D eigenvalue weighted by Gasteiger charge is 2.40. The van der Waals surface area contributed by atoms with Gasteiger partial charge in [-0.05, 0) is 43.7 Å². The van der Waals surface area contributed by atoms with Crippen molar-refractivity contribution in [1.29, 1.82) is 0 Å². The predicted molar refractivity (Wildman–Crippen MR) is 121 cm³/mol. The second-order valence-corrected chi connectivity index (χ2v) is 11.5. The smallest absolute Gasteiger partial charge is 0.328 e. The van der Waals surface area contributed by atoms with Gasteiger partial charge in [0.15, 0.2) is 21.0 Å². The van der Waals surface area contributed by atoms with Crippen molar-refractivity contribution in [1.82, 2.24) is 9.29 Å². The zero-order chi connectivity index (χ0) is 24.5. The number of carboxylic acid groups (broad SMARTS) is 1. The highest BCUT2D eigenvalue weighted by Crippen LogP contribution is 2.32. The van der Waals surface area contributed by atoms with Crippen molar-refractivity contribution in [2.45, 2.75) is 48.8 Å². The fourth-order valence-electron chi connectivity index (χ4n) is 4.40. The number of sulfonamides is 1. The molecule has 4 rings (SSSR count). The molecule has 1 aliphatic heterocycles. The number of thiazole rings is 1. The predicted octanol–water partition coefficient (Wildman–Crippen LogP) is 3.89. The number of halogens is 2. The van der Waals surface area contributed by atoms with E-state index in [0.717, 1.165) is 48.3 Å². The van der Waals surface area contributed by atoms with Crippen LogP contribution >= 0.6 is 11.3 Å². The van der Waals surface area contributed by atoms with E-state index in [1.54, 1.807) is 0 Å². The molecule has 2 heterocycles. The highest BCUT2D eigenvalue weighted by molar-refractivity contribution is 7.91. The minimum Gasteiger partial charge on any atom is -0.480 e. The zero-order valence-electron chi connectivity index (χ0n) is 18.1. The molecule has 1 aromatic carbocycles. The highest BCUT2D eigenvalue weighted by atomic mass is 32.2. The van der Waals surface area contributed by atoms with Gasteiger partial charge < -0.3 is 5.11 Å². The number of urea groups is 1. The number of rotatable bonds is 7. The fraction of sp³-hybridized carbons (Fsp3) is 0.476. The molecule has 2 amide bonds. The number of amides is 2. The van der Waals surface area contributed by atoms with E-state index in [0.29, 0.717) is 24.3 Å². The number of hydrogen-bond acceptors (Lipinski definition) is 6. The van der Waals surface area contributed by atoms with Crippen LogP contribution in [-0.4, -0.2) is 53.9 Å². The number of benzene rings is 1. The molecule has 1 saturated heterocycles. The summed E-state index contributed by atoms with van der Waals surface area (Å²) in [5.41, 5.74) is 0.175. The van der Waals surface area contributed by atoms with Gasteiger partial charge in [-0.2, -0.15) is 4.31 Å². The van der Waals surface area contributed by atoms with E-state index in [1.165, 1.54) is 11.0 Å². The summed E-state index contributed by atoms with van der Waals surface area (Å²) in [6, 6.07) is 1.41. The van der Waals surface area contributed by atoms with Crippen molar-refractivity contribution in [3.63, 3.8) is 0 Å². The molecule has 2 fully saturated rings. The van der Waals surface area contributed by atoms with E-state index < -0.39 is 39.7 Å². The molecular weight excluding hydrogens is 490 g/mol. The minimum absolute atomic E-state index is 0.00588. The van der Waals surface area contributed by atoms with Crippen LogP contribution in [-0.2, 0) is 14.8 Å². The molecular formula is C21H24F2N4O5S2. The van der Waals surface area contributed by atoms with Crippen LogP contribution in [0, 0.1) is 17.6 Å². The largest absolute Gasteiger partial charge is 0.480 e. The van der Waals surface area contributed by atoms with E-state index in [2.05, 4.69) is 10.3 Å². The lowest BCUT2D eigenvalue weighted by Gasteiger charge is -2.25. The number of aliphatic carboxylic acids is 1. The Morgan fingerprint density at radius 3 is 2.59 bits per heavy atom. The quantitative estimate of drug-likeness (QED) is 0.579. The van der Waals surface area contributed by atoms with Crippen molar-refractivity contribution in [3.05, 3.63) is 36.0 Å². The summed E-state index contributed by atoms with van der Waals surface area (Å²) in [6.07, 6.45) is 5.61. The lowest BCUT2D eigenvalue weighted by atomic mass is 10.1. The standard InChI is InChI=1S/C21H24F2N4O5S2/c22-15-8-7-14(10-16(15)23)26(12-13-4-1-2-5-13)21(30)25-20-24-11-18(33-20)34(31,32)27-9-3-6-17(27)19(28)29/h7-8,10-11,13,17H,1-6,9,12H2,(H,28,29)(H,24,25,30)/t17-/m0/s1. The Morgan fingerprint density at radius 2 is 1.91 bits per heavy atom. The molecule has 9 nitrogen and oxygen atoms in total. The maximum absolute atomic E-state index is 13.9.